The molecule has 0 radical (unpaired) electrons. The molecule has 2 aromatic carbocycles. The van der Waals surface area contributed by atoms with Gasteiger partial charge in [0, 0.05) is 32.1 Å². The number of hydrogen-bond donors (Lipinski definition) is 1. The van der Waals surface area contributed by atoms with Crippen molar-refractivity contribution in [2.75, 3.05) is 26.2 Å². The van der Waals surface area contributed by atoms with Gasteiger partial charge in [-0.05, 0) is 62.4 Å². The van der Waals surface area contributed by atoms with Crippen molar-refractivity contribution in [3.63, 3.8) is 0 Å². The maximum atomic E-state index is 12.8. The van der Waals surface area contributed by atoms with Crippen LogP contribution in [0.25, 0.3) is 0 Å². The Morgan fingerprint density at radius 1 is 0.939 bits per heavy atom. The highest BCUT2D eigenvalue weighted by atomic mass is 32.2. The molecule has 178 valence electrons. The molecule has 2 aliphatic rings. The van der Waals surface area contributed by atoms with Crippen LogP contribution in [-0.4, -0.2) is 49.7 Å². The maximum absolute atomic E-state index is 12.8. The minimum Gasteiger partial charge on any atom is -0.352 e. The number of aryl methyl sites for hydroxylation is 1. The van der Waals surface area contributed by atoms with Gasteiger partial charge in [-0.15, -0.1) is 0 Å². The zero-order valence-corrected chi connectivity index (χ0v) is 20.3. The Labute approximate surface area is 198 Å². The van der Waals surface area contributed by atoms with Crippen molar-refractivity contribution in [3.05, 3.63) is 70.8 Å². The summed E-state index contributed by atoms with van der Waals surface area (Å²) < 4.78 is 27.2. The van der Waals surface area contributed by atoms with E-state index in [2.05, 4.69) is 34.5 Å². The minimum absolute atomic E-state index is 0.0132. The first kappa shape index (κ1) is 23.9. The molecule has 7 heteroatoms. The van der Waals surface area contributed by atoms with Gasteiger partial charge in [-0.1, -0.05) is 54.1 Å². The van der Waals surface area contributed by atoms with Gasteiger partial charge in [-0.2, -0.15) is 0 Å². The number of hydrogen-bond acceptors (Lipinski definition) is 4. The van der Waals surface area contributed by atoms with E-state index in [0.29, 0.717) is 32.5 Å². The molecule has 2 aromatic rings. The Balaban J connectivity index is 1.22. The lowest BCUT2D eigenvalue weighted by Gasteiger charge is -2.30. The molecular weight excluding hydrogens is 434 g/mol. The van der Waals surface area contributed by atoms with E-state index in [9.17, 15) is 13.2 Å². The number of piperidine rings is 1. The van der Waals surface area contributed by atoms with Gasteiger partial charge in [0.2, 0.25) is 15.9 Å². The first-order chi connectivity index (χ1) is 15.9. The molecule has 0 bridgehead atoms. The van der Waals surface area contributed by atoms with Crippen LogP contribution < -0.4 is 5.32 Å². The number of likely N-dealkylation sites (tertiary alicyclic amines) is 1. The third-order valence-corrected chi connectivity index (χ3v) is 8.59. The molecular formula is C26H35N3O3S. The molecule has 2 saturated heterocycles. The number of amides is 1. The Morgan fingerprint density at radius 3 is 2.27 bits per heavy atom. The zero-order valence-electron chi connectivity index (χ0n) is 19.5. The van der Waals surface area contributed by atoms with E-state index >= 15 is 0 Å². The van der Waals surface area contributed by atoms with E-state index < -0.39 is 10.0 Å². The molecule has 4 rings (SSSR count). The standard InChI is InChI=1S/C26H35N3O3S/c1-21-5-4-6-24(17-21)20-33(31,32)29-15-11-25(12-16-29)26(30)27-18-22-7-9-23(10-8-22)19-28-13-2-3-14-28/h4-10,17,25H,2-3,11-16,18-20H2,1H3,(H,27,30). The van der Waals surface area contributed by atoms with Crippen molar-refractivity contribution >= 4 is 15.9 Å². The molecule has 0 unspecified atom stereocenters. The number of benzene rings is 2. The van der Waals surface area contributed by atoms with Gasteiger partial charge in [0.25, 0.3) is 0 Å². The van der Waals surface area contributed by atoms with Gasteiger partial charge in [0.1, 0.15) is 0 Å². The number of sulfonamides is 1. The summed E-state index contributed by atoms with van der Waals surface area (Å²) in [5, 5.41) is 3.04. The van der Waals surface area contributed by atoms with Gasteiger partial charge in [0.15, 0.2) is 0 Å². The van der Waals surface area contributed by atoms with Crippen molar-refractivity contribution in [2.45, 2.75) is 51.4 Å². The molecule has 0 saturated carbocycles. The Kier molecular flexibility index (Phi) is 7.83. The summed E-state index contributed by atoms with van der Waals surface area (Å²) in [4.78, 5) is 15.1. The SMILES string of the molecule is Cc1cccc(CS(=O)(=O)N2CCC(C(=O)NCc3ccc(CN4CCCC4)cc3)CC2)c1. The van der Waals surface area contributed by atoms with E-state index in [4.69, 9.17) is 0 Å². The molecule has 0 atom stereocenters. The molecule has 2 aliphatic heterocycles. The van der Waals surface area contributed by atoms with Crippen LogP contribution in [0.15, 0.2) is 48.5 Å². The van der Waals surface area contributed by atoms with Crippen molar-refractivity contribution in [1.29, 1.82) is 0 Å². The van der Waals surface area contributed by atoms with Crippen LogP contribution in [0.5, 0.6) is 0 Å². The second-order valence-electron chi connectivity index (χ2n) is 9.44. The monoisotopic (exact) mass is 469 g/mol. The number of carbonyl (C=O) groups is 1. The lowest BCUT2D eigenvalue weighted by atomic mass is 9.97. The Morgan fingerprint density at radius 2 is 1.61 bits per heavy atom. The summed E-state index contributed by atoms with van der Waals surface area (Å²) in [7, 11) is -3.37. The smallest absolute Gasteiger partial charge is 0.223 e. The normalized spacial score (nSPS) is 18.5. The van der Waals surface area contributed by atoms with E-state index in [-0.39, 0.29) is 17.6 Å². The quantitative estimate of drug-likeness (QED) is 0.643. The largest absolute Gasteiger partial charge is 0.352 e. The number of rotatable bonds is 8. The molecule has 2 fully saturated rings. The summed E-state index contributed by atoms with van der Waals surface area (Å²) in [6.45, 7) is 6.64. The van der Waals surface area contributed by atoms with Crippen molar-refractivity contribution in [2.24, 2.45) is 5.92 Å². The van der Waals surface area contributed by atoms with Crippen LogP contribution in [0.3, 0.4) is 0 Å². The van der Waals surface area contributed by atoms with Gasteiger partial charge in [-0.25, -0.2) is 12.7 Å². The van der Waals surface area contributed by atoms with Crippen molar-refractivity contribution in [1.82, 2.24) is 14.5 Å². The van der Waals surface area contributed by atoms with Crippen LogP contribution in [0, 0.1) is 12.8 Å². The Hall–Kier alpha value is -2.22. The van der Waals surface area contributed by atoms with E-state index in [1.807, 2.05) is 31.2 Å². The van der Waals surface area contributed by atoms with Crippen LogP contribution in [-0.2, 0) is 33.7 Å². The molecule has 0 spiro atoms. The maximum Gasteiger partial charge on any atom is 0.223 e. The van der Waals surface area contributed by atoms with Crippen LogP contribution in [0.2, 0.25) is 0 Å². The van der Waals surface area contributed by atoms with Gasteiger partial charge >= 0.3 is 0 Å². The summed E-state index contributed by atoms with van der Waals surface area (Å²) in [6.07, 6.45) is 3.71. The number of nitrogens with zero attached hydrogens (tertiary/aromatic N) is 2. The van der Waals surface area contributed by atoms with Crippen molar-refractivity contribution in [3.8, 4) is 0 Å². The molecule has 0 aromatic heterocycles. The average molecular weight is 470 g/mol. The molecule has 6 nitrogen and oxygen atoms in total. The first-order valence-electron chi connectivity index (χ1n) is 12.0. The lowest BCUT2D eigenvalue weighted by Crippen LogP contribution is -2.43. The first-order valence-corrected chi connectivity index (χ1v) is 13.6. The molecule has 1 amide bonds. The van der Waals surface area contributed by atoms with Crippen LogP contribution in [0.1, 0.15) is 47.9 Å². The fraction of sp³-hybridized carbons (Fsp3) is 0.500. The molecule has 2 heterocycles. The van der Waals surface area contributed by atoms with Crippen molar-refractivity contribution < 1.29 is 13.2 Å². The average Bonchev–Trinajstić information content (AvgIpc) is 3.31. The Bertz CT molecular complexity index is 1040. The second-order valence-corrected chi connectivity index (χ2v) is 11.4. The molecule has 33 heavy (non-hydrogen) atoms. The van der Waals surface area contributed by atoms with Gasteiger partial charge in [-0.3, -0.25) is 9.69 Å². The highest BCUT2D eigenvalue weighted by molar-refractivity contribution is 7.88. The minimum atomic E-state index is -3.37. The highest BCUT2D eigenvalue weighted by Gasteiger charge is 2.31. The summed E-state index contributed by atoms with van der Waals surface area (Å²) >= 11 is 0. The van der Waals surface area contributed by atoms with Crippen LogP contribution >= 0.6 is 0 Å². The highest BCUT2D eigenvalue weighted by Crippen LogP contribution is 2.22. The fourth-order valence-corrected chi connectivity index (χ4v) is 6.35. The predicted octanol–water partition coefficient (Wildman–Crippen LogP) is 3.45. The van der Waals surface area contributed by atoms with E-state index in [1.165, 1.54) is 35.8 Å². The second kappa shape index (κ2) is 10.8. The van der Waals surface area contributed by atoms with Gasteiger partial charge < -0.3 is 5.32 Å². The third kappa shape index (κ3) is 6.65. The fourth-order valence-electron chi connectivity index (χ4n) is 4.79. The molecule has 1 N–H and O–H groups in total. The molecule has 0 aliphatic carbocycles. The summed E-state index contributed by atoms with van der Waals surface area (Å²) in [5.74, 6) is -0.101. The number of nitrogens with one attached hydrogen (secondary N) is 1. The predicted molar refractivity (Wildman–Crippen MR) is 131 cm³/mol. The van der Waals surface area contributed by atoms with E-state index in [0.717, 1.165) is 23.2 Å². The van der Waals surface area contributed by atoms with Crippen LogP contribution in [0.4, 0.5) is 0 Å². The van der Waals surface area contributed by atoms with E-state index in [1.54, 1.807) is 0 Å². The third-order valence-electron chi connectivity index (χ3n) is 6.74. The summed E-state index contributed by atoms with van der Waals surface area (Å²) in [6, 6.07) is 16.1. The number of carbonyl (C=O) groups excluding carboxylic acids is 1. The van der Waals surface area contributed by atoms with Gasteiger partial charge in [0.05, 0.1) is 5.75 Å². The lowest BCUT2D eigenvalue weighted by molar-refractivity contribution is -0.126. The topological polar surface area (TPSA) is 69.7 Å². The summed E-state index contributed by atoms with van der Waals surface area (Å²) in [5.41, 5.74) is 4.26. The zero-order chi connectivity index (χ0) is 23.3.